The van der Waals surface area contributed by atoms with Gasteiger partial charge in [-0.25, -0.2) is 9.59 Å². The van der Waals surface area contributed by atoms with Crippen LogP contribution in [0.5, 0.6) is 0 Å². The molecule has 0 saturated heterocycles. The van der Waals surface area contributed by atoms with E-state index in [0.717, 1.165) is 0 Å². The number of hydrogen-bond donors (Lipinski definition) is 2. The summed E-state index contributed by atoms with van der Waals surface area (Å²) in [7, 11) is 0. The van der Waals surface area contributed by atoms with Gasteiger partial charge < -0.3 is 21.2 Å². The molecular formula is C8H6I4O6. The predicted octanol–water partition coefficient (Wildman–Crippen LogP) is 1.85. The molecule has 0 aliphatic carbocycles. The second-order valence-electron chi connectivity index (χ2n) is 2.62. The third-order valence-corrected chi connectivity index (χ3v) is 8.07. The summed E-state index contributed by atoms with van der Waals surface area (Å²) in [5.41, 5.74) is 0.333. The lowest BCUT2D eigenvalue weighted by Crippen LogP contribution is -2.13. The van der Waals surface area contributed by atoms with Crippen molar-refractivity contribution in [2.45, 2.75) is 0 Å². The molecule has 6 N–H and O–H groups in total. The van der Waals surface area contributed by atoms with Gasteiger partial charge in [-0.15, -0.1) is 0 Å². The fraction of sp³-hybridized carbons (Fsp3) is 0. The van der Waals surface area contributed by atoms with Gasteiger partial charge in [-0.2, -0.15) is 0 Å². The second kappa shape index (κ2) is 8.32. The van der Waals surface area contributed by atoms with E-state index in [1.165, 1.54) is 0 Å². The average molecular weight is 706 g/mol. The van der Waals surface area contributed by atoms with Gasteiger partial charge in [0.15, 0.2) is 0 Å². The molecule has 0 bridgehead atoms. The van der Waals surface area contributed by atoms with Crippen LogP contribution in [0.1, 0.15) is 20.7 Å². The van der Waals surface area contributed by atoms with Crippen molar-refractivity contribution in [3.8, 4) is 0 Å². The van der Waals surface area contributed by atoms with Crippen molar-refractivity contribution in [2.75, 3.05) is 0 Å². The van der Waals surface area contributed by atoms with Crippen LogP contribution in [0.25, 0.3) is 0 Å². The minimum absolute atomic E-state index is 0. The molecule has 0 spiro atoms. The molecule has 10 heteroatoms. The summed E-state index contributed by atoms with van der Waals surface area (Å²) in [6.45, 7) is 0. The van der Waals surface area contributed by atoms with Gasteiger partial charge in [-0.3, -0.25) is 0 Å². The molecule has 1 aromatic rings. The maximum Gasteiger partial charge on any atom is 0.337 e. The number of carboxylic acids is 2. The zero-order chi connectivity index (χ0) is 12.6. The Morgan fingerprint density at radius 2 is 0.833 bits per heavy atom. The summed E-state index contributed by atoms with van der Waals surface area (Å²) in [4.78, 5) is 22.1. The molecular weight excluding hydrogens is 700 g/mol. The first kappa shape index (κ1) is 21.3. The monoisotopic (exact) mass is 706 g/mol. The largest absolute Gasteiger partial charge is 0.478 e. The van der Waals surface area contributed by atoms with Crippen LogP contribution in [0.2, 0.25) is 0 Å². The second-order valence-corrected chi connectivity index (χ2v) is 6.93. The summed E-state index contributed by atoms with van der Waals surface area (Å²) >= 11 is 7.45. The molecule has 6 nitrogen and oxygen atoms in total. The Bertz CT molecular complexity index is 427. The summed E-state index contributed by atoms with van der Waals surface area (Å²) in [6, 6.07) is 0. The summed E-state index contributed by atoms with van der Waals surface area (Å²) in [5.74, 6) is -2.08. The maximum absolute atomic E-state index is 11.1. The molecule has 0 saturated carbocycles. The first-order chi connectivity index (χ1) is 7.29. The van der Waals surface area contributed by atoms with Crippen LogP contribution < -0.4 is 0 Å². The van der Waals surface area contributed by atoms with Crippen LogP contribution in [-0.2, 0) is 0 Å². The predicted molar refractivity (Wildman–Crippen MR) is 98.5 cm³/mol. The van der Waals surface area contributed by atoms with E-state index in [1.807, 2.05) is 90.4 Å². The van der Waals surface area contributed by atoms with E-state index in [-0.39, 0.29) is 22.1 Å². The lowest BCUT2D eigenvalue weighted by Gasteiger charge is -2.11. The fourth-order valence-corrected chi connectivity index (χ4v) is 5.12. The molecule has 18 heavy (non-hydrogen) atoms. The van der Waals surface area contributed by atoms with Crippen molar-refractivity contribution >= 4 is 102 Å². The third kappa shape index (κ3) is 4.00. The van der Waals surface area contributed by atoms with E-state index < -0.39 is 11.9 Å². The van der Waals surface area contributed by atoms with E-state index in [9.17, 15) is 9.59 Å². The molecule has 1 aromatic carbocycles. The maximum atomic E-state index is 11.1. The van der Waals surface area contributed by atoms with Gasteiger partial charge in [0.05, 0.1) is 11.1 Å². The highest BCUT2D eigenvalue weighted by molar-refractivity contribution is 14.1. The lowest BCUT2D eigenvalue weighted by molar-refractivity contribution is 0.0677. The van der Waals surface area contributed by atoms with Crippen LogP contribution >= 0.6 is 90.4 Å². The van der Waals surface area contributed by atoms with Crippen molar-refractivity contribution in [1.29, 1.82) is 0 Å². The van der Waals surface area contributed by atoms with Gasteiger partial charge in [0.1, 0.15) is 0 Å². The van der Waals surface area contributed by atoms with E-state index in [1.54, 1.807) is 0 Å². The summed E-state index contributed by atoms with van der Waals surface area (Å²) < 4.78 is 1.86. The van der Waals surface area contributed by atoms with Crippen LogP contribution in [0.3, 0.4) is 0 Å². The number of aromatic carboxylic acids is 2. The first-order valence-electron chi connectivity index (χ1n) is 3.61. The van der Waals surface area contributed by atoms with E-state index in [0.29, 0.717) is 14.3 Å². The quantitative estimate of drug-likeness (QED) is 0.359. The van der Waals surface area contributed by atoms with Crippen LogP contribution in [-0.4, -0.2) is 33.1 Å². The molecule has 0 atom stereocenters. The first-order valence-corrected chi connectivity index (χ1v) is 7.93. The third-order valence-electron chi connectivity index (χ3n) is 1.69. The van der Waals surface area contributed by atoms with Gasteiger partial charge in [-0.1, -0.05) is 0 Å². The molecule has 0 aliphatic heterocycles. The molecule has 0 aliphatic rings. The highest BCUT2D eigenvalue weighted by Crippen LogP contribution is 2.32. The van der Waals surface area contributed by atoms with E-state index in [4.69, 9.17) is 10.2 Å². The van der Waals surface area contributed by atoms with Gasteiger partial charge in [0.25, 0.3) is 0 Å². The Labute approximate surface area is 156 Å². The highest BCUT2D eigenvalue weighted by Gasteiger charge is 2.25. The standard InChI is InChI=1S/C8H2I4O4.2H2O/c9-3-1(7(13)14)4(10)6(12)2(5(3)11)8(15)16;;/h(H,13,14)(H,15,16);2*1H2. The van der Waals surface area contributed by atoms with Crippen LogP contribution in [0.4, 0.5) is 0 Å². The zero-order valence-electron chi connectivity index (χ0n) is 8.22. The minimum Gasteiger partial charge on any atom is -0.478 e. The lowest BCUT2D eigenvalue weighted by atomic mass is 10.1. The normalized spacial score (nSPS) is 9.11. The van der Waals surface area contributed by atoms with Crippen LogP contribution in [0, 0.1) is 14.3 Å². The SMILES string of the molecule is O.O.O=C(O)c1c(I)c(I)c(C(=O)O)c(I)c1I. The van der Waals surface area contributed by atoms with E-state index >= 15 is 0 Å². The fourth-order valence-electron chi connectivity index (χ4n) is 1.01. The molecule has 0 aromatic heterocycles. The Morgan fingerprint density at radius 3 is 0.944 bits per heavy atom. The average Bonchev–Trinajstić information content (AvgIpc) is 2.14. The topological polar surface area (TPSA) is 138 Å². The number of carboxylic acid groups (broad SMARTS) is 2. The minimum atomic E-state index is -1.04. The molecule has 102 valence electrons. The molecule has 0 unspecified atom stereocenters. The molecule has 0 amide bonds. The molecule has 0 radical (unpaired) electrons. The van der Waals surface area contributed by atoms with Gasteiger partial charge in [0, 0.05) is 14.3 Å². The Kier molecular flexibility index (Phi) is 9.85. The van der Waals surface area contributed by atoms with Crippen molar-refractivity contribution in [3.63, 3.8) is 0 Å². The Morgan fingerprint density at radius 1 is 0.667 bits per heavy atom. The zero-order valence-corrected chi connectivity index (χ0v) is 16.9. The van der Waals surface area contributed by atoms with Gasteiger partial charge >= 0.3 is 11.9 Å². The Hall–Kier alpha value is 1.000. The van der Waals surface area contributed by atoms with E-state index in [2.05, 4.69) is 0 Å². The van der Waals surface area contributed by atoms with Crippen molar-refractivity contribution < 1.29 is 30.8 Å². The smallest absolute Gasteiger partial charge is 0.337 e. The van der Waals surface area contributed by atoms with Crippen molar-refractivity contribution in [3.05, 3.63) is 25.4 Å². The van der Waals surface area contributed by atoms with Gasteiger partial charge in [0.2, 0.25) is 0 Å². The summed E-state index contributed by atoms with van der Waals surface area (Å²) in [6.07, 6.45) is 0. The van der Waals surface area contributed by atoms with Gasteiger partial charge in [-0.05, 0) is 90.4 Å². The number of rotatable bonds is 2. The molecule has 0 heterocycles. The number of hydrogen-bond acceptors (Lipinski definition) is 2. The van der Waals surface area contributed by atoms with Crippen molar-refractivity contribution in [1.82, 2.24) is 0 Å². The number of benzene rings is 1. The summed E-state index contributed by atoms with van der Waals surface area (Å²) in [5, 5.41) is 18.1. The number of carbonyl (C=O) groups is 2. The van der Waals surface area contributed by atoms with Crippen LogP contribution in [0.15, 0.2) is 0 Å². The molecule has 0 fully saturated rings. The molecule has 1 rings (SSSR count). The number of halogens is 4. The highest BCUT2D eigenvalue weighted by atomic mass is 127. The Balaban J connectivity index is 0. The van der Waals surface area contributed by atoms with Crippen molar-refractivity contribution in [2.24, 2.45) is 0 Å².